The van der Waals surface area contributed by atoms with Crippen LogP contribution in [0.1, 0.15) is 0 Å². The second-order valence-corrected chi connectivity index (χ2v) is 5.67. The summed E-state index contributed by atoms with van der Waals surface area (Å²) in [4.78, 5) is 4.41. The molecular weight excluding hydrogens is 324 g/mol. The zero-order chi connectivity index (χ0) is 16.5. The number of benzene rings is 2. The molecule has 24 heavy (non-hydrogen) atoms. The Balaban J connectivity index is 1.86. The third-order valence-corrected chi connectivity index (χ3v) is 4.21. The summed E-state index contributed by atoms with van der Waals surface area (Å²) in [6.07, 6.45) is 3.41. The van der Waals surface area contributed by atoms with Crippen LogP contribution in [0.2, 0.25) is 0 Å². The molecule has 4 rings (SSSR count). The lowest BCUT2D eigenvalue weighted by Gasteiger charge is -2.08. The molecule has 6 heteroatoms. The van der Waals surface area contributed by atoms with Crippen molar-refractivity contribution in [2.24, 2.45) is 0 Å². The average Bonchev–Trinajstić information content (AvgIpc) is 3.04. The van der Waals surface area contributed by atoms with Gasteiger partial charge in [-0.2, -0.15) is 0 Å². The Kier molecular flexibility index (Phi) is 3.76. The summed E-state index contributed by atoms with van der Waals surface area (Å²) in [7, 11) is 1.58. The van der Waals surface area contributed by atoms with Gasteiger partial charge in [0, 0.05) is 18.6 Å². The SMILES string of the molecule is COCOc1ccc2c(=S)c(-n3cnc4ccccc43)coc2c1. The predicted octanol–water partition coefficient (Wildman–Crippen LogP) is 4.48. The minimum Gasteiger partial charge on any atom is -0.467 e. The van der Waals surface area contributed by atoms with Gasteiger partial charge in [-0.1, -0.05) is 24.4 Å². The summed E-state index contributed by atoms with van der Waals surface area (Å²) >= 11 is 5.66. The summed E-state index contributed by atoms with van der Waals surface area (Å²) in [6.45, 7) is 0.186. The van der Waals surface area contributed by atoms with Crippen LogP contribution in [0.4, 0.5) is 0 Å². The van der Waals surface area contributed by atoms with Crippen molar-refractivity contribution >= 4 is 34.2 Å². The topological polar surface area (TPSA) is 49.4 Å². The smallest absolute Gasteiger partial charge is 0.188 e. The van der Waals surface area contributed by atoms with E-state index in [4.69, 9.17) is 26.1 Å². The average molecular weight is 338 g/mol. The van der Waals surface area contributed by atoms with Crippen LogP contribution in [-0.2, 0) is 4.74 Å². The van der Waals surface area contributed by atoms with E-state index in [1.807, 2.05) is 41.0 Å². The molecule has 120 valence electrons. The van der Waals surface area contributed by atoms with Gasteiger partial charge >= 0.3 is 0 Å². The minimum atomic E-state index is 0.186. The van der Waals surface area contributed by atoms with Gasteiger partial charge < -0.3 is 13.9 Å². The van der Waals surface area contributed by atoms with Crippen molar-refractivity contribution < 1.29 is 13.9 Å². The van der Waals surface area contributed by atoms with E-state index in [-0.39, 0.29) is 6.79 Å². The van der Waals surface area contributed by atoms with Crippen LogP contribution >= 0.6 is 12.2 Å². The van der Waals surface area contributed by atoms with Gasteiger partial charge in [0.05, 0.1) is 15.5 Å². The van der Waals surface area contributed by atoms with Crippen LogP contribution in [0, 0.1) is 4.51 Å². The molecule has 0 saturated heterocycles. The first-order valence-corrected chi connectivity index (χ1v) is 7.78. The molecule has 0 unspecified atom stereocenters. The fraction of sp³-hybridized carbons (Fsp3) is 0.111. The van der Waals surface area contributed by atoms with Crippen LogP contribution in [0.15, 0.2) is 59.5 Å². The van der Waals surface area contributed by atoms with Gasteiger partial charge in [-0.15, -0.1) is 0 Å². The van der Waals surface area contributed by atoms with Gasteiger partial charge in [0.2, 0.25) is 0 Å². The third kappa shape index (κ3) is 2.46. The molecule has 0 radical (unpaired) electrons. The first kappa shape index (κ1) is 14.9. The summed E-state index contributed by atoms with van der Waals surface area (Å²) in [6, 6.07) is 13.5. The lowest BCUT2D eigenvalue weighted by Crippen LogP contribution is -1.98. The van der Waals surface area contributed by atoms with Crippen LogP contribution < -0.4 is 4.74 Å². The fourth-order valence-electron chi connectivity index (χ4n) is 2.63. The molecule has 0 spiro atoms. The Hall–Kier alpha value is -2.70. The zero-order valence-electron chi connectivity index (χ0n) is 12.9. The lowest BCUT2D eigenvalue weighted by atomic mass is 10.2. The second-order valence-electron chi connectivity index (χ2n) is 5.26. The molecule has 5 nitrogen and oxygen atoms in total. The molecular formula is C18H14N2O3S. The first-order chi connectivity index (χ1) is 11.8. The van der Waals surface area contributed by atoms with Gasteiger partial charge in [0.15, 0.2) is 6.79 Å². The summed E-state index contributed by atoms with van der Waals surface area (Å²) in [5.41, 5.74) is 3.35. The van der Waals surface area contributed by atoms with E-state index < -0.39 is 0 Å². The monoisotopic (exact) mass is 338 g/mol. The Bertz CT molecular complexity index is 1080. The largest absolute Gasteiger partial charge is 0.467 e. The molecule has 0 aliphatic carbocycles. The Morgan fingerprint density at radius 1 is 1.21 bits per heavy atom. The van der Waals surface area contributed by atoms with E-state index in [0.717, 1.165) is 22.1 Å². The quantitative estimate of drug-likeness (QED) is 0.405. The molecule has 2 aromatic carbocycles. The number of fused-ring (bicyclic) bond motifs is 2. The maximum atomic E-state index is 5.78. The molecule has 0 aliphatic heterocycles. The van der Waals surface area contributed by atoms with Crippen molar-refractivity contribution in [2.45, 2.75) is 0 Å². The van der Waals surface area contributed by atoms with Crippen LogP contribution in [0.25, 0.3) is 27.7 Å². The Labute approximate surface area is 143 Å². The van der Waals surface area contributed by atoms with Crippen molar-refractivity contribution in [3.63, 3.8) is 0 Å². The molecule has 0 bridgehead atoms. The third-order valence-electron chi connectivity index (χ3n) is 3.78. The number of ether oxygens (including phenoxy) is 2. The molecule has 0 N–H and O–H groups in total. The van der Waals surface area contributed by atoms with Crippen molar-refractivity contribution in [3.05, 3.63) is 59.6 Å². The highest BCUT2D eigenvalue weighted by Crippen LogP contribution is 2.27. The highest BCUT2D eigenvalue weighted by molar-refractivity contribution is 7.71. The predicted molar refractivity (Wildman–Crippen MR) is 94.2 cm³/mol. The Morgan fingerprint density at radius 2 is 2.08 bits per heavy atom. The number of aromatic nitrogens is 2. The number of para-hydroxylation sites is 2. The molecule has 0 atom stereocenters. The molecule has 0 aliphatic rings. The standard InChI is InChI=1S/C18H14N2O3S/c1-21-11-23-12-6-7-13-17(8-12)22-9-16(18(13)24)20-10-19-14-4-2-3-5-15(14)20/h2-10H,11H2,1H3. The fourth-order valence-corrected chi connectivity index (χ4v) is 2.95. The summed E-state index contributed by atoms with van der Waals surface area (Å²) in [5, 5.41) is 0.852. The first-order valence-electron chi connectivity index (χ1n) is 7.37. The number of rotatable bonds is 4. The van der Waals surface area contributed by atoms with Crippen molar-refractivity contribution in [1.82, 2.24) is 9.55 Å². The molecule has 0 saturated carbocycles. The lowest BCUT2D eigenvalue weighted by molar-refractivity contribution is 0.0512. The van der Waals surface area contributed by atoms with E-state index in [1.54, 1.807) is 25.8 Å². The van der Waals surface area contributed by atoms with Crippen LogP contribution in [0.3, 0.4) is 0 Å². The van der Waals surface area contributed by atoms with E-state index in [1.165, 1.54) is 0 Å². The summed E-state index contributed by atoms with van der Waals surface area (Å²) in [5.74, 6) is 0.670. The van der Waals surface area contributed by atoms with Crippen molar-refractivity contribution in [2.75, 3.05) is 13.9 Å². The number of nitrogens with zero attached hydrogens (tertiary/aromatic N) is 2. The summed E-state index contributed by atoms with van der Waals surface area (Å²) < 4.78 is 18.8. The van der Waals surface area contributed by atoms with E-state index in [0.29, 0.717) is 15.8 Å². The van der Waals surface area contributed by atoms with Crippen molar-refractivity contribution in [1.29, 1.82) is 0 Å². The van der Waals surface area contributed by atoms with E-state index >= 15 is 0 Å². The molecule has 0 amide bonds. The maximum Gasteiger partial charge on any atom is 0.188 e. The van der Waals surface area contributed by atoms with Gasteiger partial charge in [0.1, 0.15) is 29.6 Å². The number of methoxy groups -OCH3 is 1. The Morgan fingerprint density at radius 3 is 2.96 bits per heavy atom. The highest BCUT2D eigenvalue weighted by atomic mass is 32.1. The van der Waals surface area contributed by atoms with E-state index in [2.05, 4.69) is 4.98 Å². The number of imidazole rings is 1. The molecule has 2 heterocycles. The van der Waals surface area contributed by atoms with Crippen LogP contribution in [0.5, 0.6) is 5.75 Å². The number of hydrogen-bond acceptors (Lipinski definition) is 5. The molecule has 4 aromatic rings. The highest BCUT2D eigenvalue weighted by Gasteiger charge is 2.10. The van der Waals surface area contributed by atoms with E-state index in [9.17, 15) is 0 Å². The minimum absolute atomic E-state index is 0.186. The van der Waals surface area contributed by atoms with Crippen molar-refractivity contribution in [3.8, 4) is 11.4 Å². The zero-order valence-corrected chi connectivity index (χ0v) is 13.7. The normalized spacial score (nSPS) is 11.2. The van der Waals surface area contributed by atoms with Gasteiger partial charge in [0.25, 0.3) is 0 Å². The molecule has 0 fully saturated rings. The second kappa shape index (κ2) is 6.07. The van der Waals surface area contributed by atoms with Gasteiger partial charge in [-0.05, 0) is 24.3 Å². The van der Waals surface area contributed by atoms with Gasteiger partial charge in [-0.25, -0.2) is 4.98 Å². The number of hydrogen-bond donors (Lipinski definition) is 0. The van der Waals surface area contributed by atoms with Gasteiger partial charge in [-0.3, -0.25) is 4.57 Å². The maximum absolute atomic E-state index is 5.78. The molecule has 2 aromatic heterocycles. The van der Waals surface area contributed by atoms with Crippen LogP contribution in [-0.4, -0.2) is 23.5 Å².